The first-order valence-electron chi connectivity index (χ1n) is 6.42. The molecule has 0 spiro atoms. The molecule has 0 aliphatic carbocycles. The summed E-state index contributed by atoms with van der Waals surface area (Å²) in [6.45, 7) is 2.49. The maximum Gasteiger partial charge on any atom is 0.329 e. The summed E-state index contributed by atoms with van der Waals surface area (Å²) >= 11 is 0. The van der Waals surface area contributed by atoms with Crippen LogP contribution in [0.15, 0.2) is 29.4 Å². The summed E-state index contributed by atoms with van der Waals surface area (Å²) in [5.74, 6) is -0.765. The first-order chi connectivity index (χ1) is 9.67. The molecular formula is C14H19N3O3. The van der Waals surface area contributed by atoms with E-state index in [2.05, 4.69) is 15.8 Å². The maximum absolute atomic E-state index is 11.4. The molecule has 0 aliphatic heterocycles. The second kappa shape index (κ2) is 8.68. The number of carbonyl (C=O) groups is 2. The van der Waals surface area contributed by atoms with Crippen LogP contribution in [0.25, 0.3) is 0 Å². The summed E-state index contributed by atoms with van der Waals surface area (Å²) in [5.41, 5.74) is 2.93. The number of benzene rings is 1. The van der Waals surface area contributed by atoms with Crippen LogP contribution in [0, 0.1) is 0 Å². The molecule has 6 heteroatoms. The van der Waals surface area contributed by atoms with Crippen LogP contribution in [0.4, 0.5) is 0 Å². The first-order valence-corrected chi connectivity index (χ1v) is 6.42. The van der Waals surface area contributed by atoms with Crippen molar-refractivity contribution in [2.24, 2.45) is 5.10 Å². The SMILES string of the molecule is CCCCNC(=O)C(=O)N/N=C\c1cccc(OC)c1. The summed E-state index contributed by atoms with van der Waals surface area (Å²) < 4.78 is 5.06. The summed E-state index contributed by atoms with van der Waals surface area (Å²) in [6, 6.07) is 7.17. The quantitative estimate of drug-likeness (QED) is 0.353. The Balaban J connectivity index is 2.43. The van der Waals surface area contributed by atoms with Crippen molar-refractivity contribution in [1.29, 1.82) is 0 Å². The second-order valence-electron chi connectivity index (χ2n) is 4.09. The van der Waals surface area contributed by atoms with Gasteiger partial charge in [-0.3, -0.25) is 9.59 Å². The zero-order valence-electron chi connectivity index (χ0n) is 11.7. The molecule has 0 fully saturated rings. The molecule has 1 aromatic rings. The lowest BCUT2D eigenvalue weighted by atomic mass is 10.2. The van der Waals surface area contributed by atoms with E-state index in [4.69, 9.17) is 4.74 Å². The number of hydrazone groups is 1. The van der Waals surface area contributed by atoms with Gasteiger partial charge in [0.05, 0.1) is 13.3 Å². The van der Waals surface area contributed by atoms with Gasteiger partial charge in [0.1, 0.15) is 5.75 Å². The van der Waals surface area contributed by atoms with Gasteiger partial charge in [-0.2, -0.15) is 5.10 Å². The fourth-order valence-corrected chi connectivity index (χ4v) is 1.40. The standard InChI is InChI=1S/C14H19N3O3/c1-3-4-8-15-13(18)14(19)17-16-10-11-6-5-7-12(9-11)20-2/h5-7,9-10H,3-4,8H2,1-2H3,(H,15,18)(H,17,19)/b16-10-. The molecule has 0 saturated heterocycles. The molecule has 0 bridgehead atoms. The lowest BCUT2D eigenvalue weighted by Crippen LogP contribution is -2.38. The predicted molar refractivity (Wildman–Crippen MR) is 76.6 cm³/mol. The lowest BCUT2D eigenvalue weighted by molar-refractivity contribution is -0.139. The topological polar surface area (TPSA) is 79.8 Å². The van der Waals surface area contributed by atoms with Gasteiger partial charge in [-0.15, -0.1) is 0 Å². The number of methoxy groups -OCH3 is 1. The highest BCUT2D eigenvalue weighted by Gasteiger charge is 2.10. The van der Waals surface area contributed by atoms with Gasteiger partial charge < -0.3 is 10.1 Å². The number of carbonyl (C=O) groups excluding carboxylic acids is 2. The number of ether oxygens (including phenoxy) is 1. The molecule has 2 N–H and O–H groups in total. The van der Waals surface area contributed by atoms with Crippen LogP contribution in [0.2, 0.25) is 0 Å². The van der Waals surface area contributed by atoms with Crippen LogP contribution in [0.1, 0.15) is 25.3 Å². The van der Waals surface area contributed by atoms with Crippen LogP contribution in [0.5, 0.6) is 5.75 Å². The highest BCUT2D eigenvalue weighted by atomic mass is 16.5. The first kappa shape index (κ1) is 15.7. The molecule has 108 valence electrons. The molecular weight excluding hydrogens is 258 g/mol. The van der Waals surface area contributed by atoms with E-state index in [1.807, 2.05) is 6.92 Å². The fourth-order valence-electron chi connectivity index (χ4n) is 1.40. The van der Waals surface area contributed by atoms with Gasteiger partial charge in [-0.25, -0.2) is 5.43 Å². The molecule has 0 saturated carbocycles. The average Bonchev–Trinajstić information content (AvgIpc) is 2.47. The van der Waals surface area contributed by atoms with Crippen LogP contribution in [-0.2, 0) is 9.59 Å². The van der Waals surface area contributed by atoms with E-state index in [1.165, 1.54) is 6.21 Å². The van der Waals surface area contributed by atoms with Gasteiger partial charge >= 0.3 is 11.8 Å². The van der Waals surface area contributed by atoms with Crippen molar-refractivity contribution in [2.45, 2.75) is 19.8 Å². The minimum Gasteiger partial charge on any atom is -0.497 e. The molecule has 6 nitrogen and oxygen atoms in total. The van der Waals surface area contributed by atoms with Crippen LogP contribution in [-0.4, -0.2) is 31.7 Å². The van der Waals surface area contributed by atoms with E-state index in [-0.39, 0.29) is 0 Å². The normalized spacial score (nSPS) is 10.3. The monoisotopic (exact) mass is 277 g/mol. The number of rotatable bonds is 6. The van der Waals surface area contributed by atoms with Gasteiger partial charge in [0, 0.05) is 6.54 Å². The predicted octanol–water partition coefficient (Wildman–Crippen LogP) is 1.06. The van der Waals surface area contributed by atoms with E-state index in [1.54, 1.807) is 31.4 Å². The van der Waals surface area contributed by atoms with E-state index < -0.39 is 11.8 Å². The second-order valence-corrected chi connectivity index (χ2v) is 4.09. The van der Waals surface area contributed by atoms with Gasteiger partial charge in [0.2, 0.25) is 0 Å². The molecule has 2 amide bonds. The number of hydrogen-bond donors (Lipinski definition) is 2. The number of hydrogen-bond acceptors (Lipinski definition) is 4. The third-order valence-corrected chi connectivity index (χ3v) is 2.50. The number of nitrogens with one attached hydrogen (secondary N) is 2. The summed E-state index contributed by atoms with van der Waals surface area (Å²) in [5, 5.41) is 6.23. The number of amides is 2. The summed E-state index contributed by atoms with van der Waals surface area (Å²) in [6.07, 6.45) is 3.24. The smallest absolute Gasteiger partial charge is 0.329 e. The average molecular weight is 277 g/mol. The molecule has 0 aliphatic rings. The third-order valence-electron chi connectivity index (χ3n) is 2.50. The largest absolute Gasteiger partial charge is 0.497 e. The maximum atomic E-state index is 11.4. The Morgan fingerprint density at radius 1 is 1.35 bits per heavy atom. The molecule has 0 atom stereocenters. The zero-order valence-corrected chi connectivity index (χ0v) is 11.7. The molecule has 0 unspecified atom stereocenters. The number of unbranched alkanes of at least 4 members (excludes halogenated alkanes) is 1. The zero-order chi connectivity index (χ0) is 14.8. The van der Waals surface area contributed by atoms with Gasteiger partial charge in [0.15, 0.2) is 0 Å². The highest BCUT2D eigenvalue weighted by Crippen LogP contribution is 2.10. The Kier molecular flexibility index (Phi) is 6.81. The summed E-state index contributed by atoms with van der Waals surface area (Å²) in [7, 11) is 1.57. The molecule has 0 aromatic heterocycles. The molecule has 0 heterocycles. The highest BCUT2D eigenvalue weighted by molar-refractivity contribution is 6.35. The van der Waals surface area contributed by atoms with Gasteiger partial charge in [-0.1, -0.05) is 25.5 Å². The van der Waals surface area contributed by atoms with E-state index in [9.17, 15) is 9.59 Å². The van der Waals surface area contributed by atoms with Crippen molar-refractivity contribution in [2.75, 3.05) is 13.7 Å². The Hall–Kier alpha value is -2.37. The Morgan fingerprint density at radius 2 is 2.15 bits per heavy atom. The van der Waals surface area contributed by atoms with Crippen LogP contribution >= 0.6 is 0 Å². The van der Waals surface area contributed by atoms with E-state index in [0.29, 0.717) is 12.3 Å². The van der Waals surface area contributed by atoms with Crippen LogP contribution in [0.3, 0.4) is 0 Å². The van der Waals surface area contributed by atoms with Crippen molar-refractivity contribution < 1.29 is 14.3 Å². The molecule has 1 aromatic carbocycles. The Labute approximate surface area is 118 Å². The van der Waals surface area contributed by atoms with Gasteiger partial charge in [0.25, 0.3) is 0 Å². The molecule has 1 rings (SSSR count). The summed E-state index contributed by atoms with van der Waals surface area (Å²) in [4.78, 5) is 22.7. The molecule has 20 heavy (non-hydrogen) atoms. The minimum absolute atomic E-state index is 0.488. The fraction of sp³-hybridized carbons (Fsp3) is 0.357. The minimum atomic E-state index is -0.778. The Morgan fingerprint density at radius 3 is 2.85 bits per heavy atom. The van der Waals surface area contributed by atoms with E-state index >= 15 is 0 Å². The van der Waals surface area contributed by atoms with Crippen LogP contribution < -0.4 is 15.5 Å². The lowest BCUT2D eigenvalue weighted by Gasteiger charge is -2.02. The number of nitrogens with zero attached hydrogens (tertiary/aromatic N) is 1. The van der Waals surface area contributed by atoms with Crippen molar-refractivity contribution in [3.05, 3.63) is 29.8 Å². The van der Waals surface area contributed by atoms with Crippen molar-refractivity contribution in [3.8, 4) is 5.75 Å². The van der Waals surface area contributed by atoms with Crippen molar-refractivity contribution in [3.63, 3.8) is 0 Å². The van der Waals surface area contributed by atoms with Crippen molar-refractivity contribution >= 4 is 18.0 Å². The Bertz CT molecular complexity index is 486. The molecule has 0 radical (unpaired) electrons. The van der Waals surface area contributed by atoms with Gasteiger partial charge in [-0.05, 0) is 24.1 Å². The van der Waals surface area contributed by atoms with E-state index in [0.717, 1.165) is 18.4 Å². The van der Waals surface area contributed by atoms with Crippen molar-refractivity contribution in [1.82, 2.24) is 10.7 Å². The third kappa shape index (κ3) is 5.51.